The molecule has 4 rings (SSSR count). The predicted octanol–water partition coefficient (Wildman–Crippen LogP) is 3.58. The number of aryl methyl sites for hydroxylation is 1. The van der Waals surface area contributed by atoms with Crippen molar-refractivity contribution in [2.75, 3.05) is 31.4 Å². The molecule has 1 heterocycles. The van der Waals surface area contributed by atoms with Gasteiger partial charge in [0.1, 0.15) is 6.04 Å². The van der Waals surface area contributed by atoms with Gasteiger partial charge in [-0.05, 0) is 79.0 Å². The SMILES string of the molecule is CNC(=O)NCc1ccccc1-c1ccc(CN2C(=O)[C@H](NC(=O)CC(C)(C)NC[C@H](O)CO)CCc3cc(SC)ccc32)cc1. The first-order valence-electron chi connectivity index (χ1n) is 15.5. The summed E-state index contributed by atoms with van der Waals surface area (Å²) in [5, 5.41) is 30.3. The van der Waals surface area contributed by atoms with Gasteiger partial charge in [-0.25, -0.2) is 4.79 Å². The third kappa shape index (κ3) is 9.32. The monoisotopic (exact) mass is 647 g/mol. The molecule has 2 atom stereocenters. The number of nitrogens with one attached hydrogen (secondary N) is 4. The lowest BCUT2D eigenvalue weighted by atomic mass is 9.98. The van der Waals surface area contributed by atoms with E-state index in [1.54, 1.807) is 23.7 Å². The van der Waals surface area contributed by atoms with Crippen LogP contribution in [-0.4, -0.2) is 72.2 Å². The van der Waals surface area contributed by atoms with Gasteiger partial charge in [0.2, 0.25) is 11.8 Å². The molecule has 46 heavy (non-hydrogen) atoms. The number of anilines is 1. The van der Waals surface area contributed by atoms with Gasteiger partial charge in [0.05, 0.1) is 19.3 Å². The minimum atomic E-state index is -0.918. The average Bonchev–Trinajstić information content (AvgIpc) is 3.18. The fourth-order valence-electron chi connectivity index (χ4n) is 5.54. The molecule has 0 aromatic heterocycles. The molecule has 11 heteroatoms. The summed E-state index contributed by atoms with van der Waals surface area (Å²) in [4.78, 5) is 41.9. The van der Waals surface area contributed by atoms with Crippen LogP contribution in [-0.2, 0) is 29.1 Å². The van der Waals surface area contributed by atoms with E-state index < -0.39 is 17.7 Å². The van der Waals surface area contributed by atoms with Crippen molar-refractivity contribution in [2.45, 2.75) is 68.8 Å². The van der Waals surface area contributed by atoms with E-state index in [1.165, 1.54) is 0 Å². The zero-order valence-corrected chi connectivity index (χ0v) is 27.7. The molecule has 0 fully saturated rings. The van der Waals surface area contributed by atoms with E-state index in [-0.39, 0.29) is 37.4 Å². The molecular weight excluding hydrogens is 602 g/mol. The highest BCUT2D eigenvalue weighted by Crippen LogP contribution is 2.33. The number of rotatable bonds is 13. The van der Waals surface area contributed by atoms with Gasteiger partial charge in [-0.2, -0.15) is 0 Å². The van der Waals surface area contributed by atoms with Crippen LogP contribution in [0, 0.1) is 0 Å². The molecule has 1 aliphatic rings. The topological polar surface area (TPSA) is 143 Å². The van der Waals surface area contributed by atoms with E-state index in [0.717, 1.165) is 38.4 Å². The first kappa shape index (κ1) is 35.0. The van der Waals surface area contributed by atoms with Crippen molar-refractivity contribution in [3.63, 3.8) is 0 Å². The van der Waals surface area contributed by atoms with Crippen LogP contribution in [0.25, 0.3) is 11.1 Å². The van der Waals surface area contributed by atoms with Crippen molar-refractivity contribution >= 4 is 35.3 Å². The van der Waals surface area contributed by atoms with Crippen LogP contribution < -0.4 is 26.2 Å². The molecular formula is C35H45N5O5S. The molecule has 0 aliphatic carbocycles. The number of hydrogen-bond donors (Lipinski definition) is 6. The van der Waals surface area contributed by atoms with Gasteiger partial charge in [0.15, 0.2) is 0 Å². The molecule has 0 radical (unpaired) electrons. The van der Waals surface area contributed by atoms with Crippen LogP contribution in [0.4, 0.5) is 10.5 Å². The Morgan fingerprint density at radius 3 is 2.52 bits per heavy atom. The highest BCUT2D eigenvalue weighted by Gasteiger charge is 2.33. The first-order valence-corrected chi connectivity index (χ1v) is 16.7. The van der Waals surface area contributed by atoms with E-state index in [9.17, 15) is 19.5 Å². The minimum absolute atomic E-state index is 0.0973. The number of aliphatic hydroxyl groups excluding tert-OH is 2. The number of fused-ring (bicyclic) bond motifs is 1. The Bertz CT molecular complexity index is 1510. The lowest BCUT2D eigenvalue weighted by Gasteiger charge is -2.29. The first-order chi connectivity index (χ1) is 22.0. The van der Waals surface area contributed by atoms with Crippen LogP contribution in [0.3, 0.4) is 0 Å². The fourth-order valence-corrected chi connectivity index (χ4v) is 6.00. The highest BCUT2D eigenvalue weighted by molar-refractivity contribution is 7.98. The summed E-state index contributed by atoms with van der Waals surface area (Å²) in [6.07, 6.45) is 2.32. The van der Waals surface area contributed by atoms with Gasteiger partial charge in [-0.15, -0.1) is 11.8 Å². The van der Waals surface area contributed by atoms with Gasteiger partial charge < -0.3 is 36.4 Å². The zero-order chi connectivity index (χ0) is 33.3. The third-order valence-electron chi connectivity index (χ3n) is 8.10. The molecule has 0 saturated carbocycles. The normalized spacial score (nSPS) is 15.5. The number of aliphatic hydroxyl groups is 2. The van der Waals surface area contributed by atoms with Crippen molar-refractivity contribution in [1.82, 2.24) is 21.3 Å². The fraction of sp³-hybridized carbons (Fsp3) is 0.400. The molecule has 10 nitrogen and oxygen atoms in total. The summed E-state index contributed by atoms with van der Waals surface area (Å²) < 4.78 is 0. The Morgan fingerprint density at radius 2 is 1.83 bits per heavy atom. The number of amides is 4. The van der Waals surface area contributed by atoms with Crippen LogP contribution >= 0.6 is 11.8 Å². The van der Waals surface area contributed by atoms with Crippen LogP contribution in [0.1, 0.15) is 43.4 Å². The lowest BCUT2D eigenvalue weighted by Crippen LogP contribution is -2.51. The van der Waals surface area contributed by atoms with Crippen LogP contribution in [0.15, 0.2) is 71.6 Å². The van der Waals surface area contributed by atoms with Gasteiger partial charge >= 0.3 is 6.03 Å². The highest BCUT2D eigenvalue weighted by atomic mass is 32.2. The number of nitrogens with zero attached hydrogens (tertiary/aromatic N) is 1. The van der Waals surface area contributed by atoms with Crippen molar-refractivity contribution in [1.29, 1.82) is 0 Å². The maximum atomic E-state index is 14.1. The summed E-state index contributed by atoms with van der Waals surface area (Å²) in [7, 11) is 1.58. The standard InChI is InChI=1S/C35H45N5O5S/c1-35(2,38-20-27(42)22-41)18-32(43)39-30-15-13-25-17-28(46-4)14-16-31(25)40(33(30)44)21-23-9-11-24(12-10-23)29-8-6-5-7-26(29)19-37-34(45)36-3/h5-12,14,16-17,27,30,38,41-42H,13,15,18-22H2,1-4H3,(H,39,43)(H2,36,37,45)/t27-,30+/m0/s1. The summed E-state index contributed by atoms with van der Waals surface area (Å²) in [5.41, 5.74) is 5.19. The van der Waals surface area contributed by atoms with E-state index in [1.807, 2.05) is 80.8 Å². The van der Waals surface area contributed by atoms with Crippen LogP contribution in [0.5, 0.6) is 0 Å². The molecule has 0 bridgehead atoms. The number of carbonyl (C=O) groups is 3. The Morgan fingerprint density at radius 1 is 1.09 bits per heavy atom. The van der Waals surface area contributed by atoms with Crippen molar-refractivity contribution in [2.24, 2.45) is 0 Å². The summed E-state index contributed by atoms with van der Waals surface area (Å²) in [5.74, 6) is -0.431. The molecule has 1 aliphatic heterocycles. The number of benzene rings is 3. The second-order valence-corrected chi connectivity index (χ2v) is 13.0. The molecule has 4 amide bonds. The van der Waals surface area contributed by atoms with Gasteiger partial charge in [0, 0.05) is 42.7 Å². The Hall–Kier alpha value is -3.90. The Labute approximate surface area is 275 Å². The zero-order valence-electron chi connectivity index (χ0n) is 26.9. The van der Waals surface area contributed by atoms with Crippen molar-refractivity contribution in [3.05, 3.63) is 83.4 Å². The Kier molecular flexibility index (Phi) is 12.2. The number of thioether (sulfide) groups is 1. The number of β-amino-alcohol motifs (C(OH)–C–C–N with tert-alkyl or cyclic N) is 1. The van der Waals surface area contributed by atoms with E-state index in [2.05, 4.69) is 27.3 Å². The van der Waals surface area contributed by atoms with E-state index >= 15 is 0 Å². The molecule has 3 aromatic carbocycles. The number of carbonyl (C=O) groups excluding carboxylic acids is 3. The van der Waals surface area contributed by atoms with Gasteiger partial charge in [-0.1, -0.05) is 48.5 Å². The smallest absolute Gasteiger partial charge is 0.314 e. The van der Waals surface area contributed by atoms with Crippen LogP contribution in [0.2, 0.25) is 0 Å². The van der Waals surface area contributed by atoms with Crippen molar-refractivity contribution < 1.29 is 24.6 Å². The third-order valence-corrected chi connectivity index (χ3v) is 8.82. The van der Waals surface area contributed by atoms with E-state index in [4.69, 9.17) is 5.11 Å². The number of urea groups is 1. The number of hydrogen-bond acceptors (Lipinski definition) is 7. The average molecular weight is 648 g/mol. The predicted molar refractivity (Wildman–Crippen MR) is 183 cm³/mol. The summed E-state index contributed by atoms with van der Waals surface area (Å²) in [6.45, 7) is 4.20. The summed E-state index contributed by atoms with van der Waals surface area (Å²) in [6, 6.07) is 21.2. The van der Waals surface area contributed by atoms with Gasteiger partial charge in [0.25, 0.3) is 0 Å². The molecule has 0 spiro atoms. The molecule has 246 valence electrons. The van der Waals surface area contributed by atoms with Crippen molar-refractivity contribution in [3.8, 4) is 11.1 Å². The van der Waals surface area contributed by atoms with Gasteiger partial charge in [-0.3, -0.25) is 9.59 Å². The molecule has 0 saturated heterocycles. The van der Waals surface area contributed by atoms with E-state index in [0.29, 0.717) is 25.9 Å². The Balaban J connectivity index is 1.54. The minimum Gasteiger partial charge on any atom is -0.394 e. The maximum absolute atomic E-state index is 14.1. The largest absolute Gasteiger partial charge is 0.394 e. The quantitative estimate of drug-likeness (QED) is 0.156. The summed E-state index contributed by atoms with van der Waals surface area (Å²) >= 11 is 1.65. The molecule has 0 unspecified atom stereocenters. The maximum Gasteiger partial charge on any atom is 0.314 e. The second kappa shape index (κ2) is 16.1. The lowest BCUT2D eigenvalue weighted by molar-refractivity contribution is -0.128. The second-order valence-electron chi connectivity index (χ2n) is 12.1. The molecule has 3 aromatic rings. The molecule has 6 N–H and O–H groups in total.